The van der Waals surface area contributed by atoms with E-state index in [2.05, 4.69) is 26.2 Å². The van der Waals surface area contributed by atoms with E-state index < -0.39 is 12.0 Å². The molecule has 0 fully saturated rings. The molecule has 1 unspecified atom stereocenters. The van der Waals surface area contributed by atoms with Gasteiger partial charge in [0, 0.05) is 34.5 Å². The van der Waals surface area contributed by atoms with E-state index in [1.165, 1.54) is 12.1 Å². The van der Waals surface area contributed by atoms with Crippen molar-refractivity contribution in [1.82, 2.24) is 10.3 Å². The van der Waals surface area contributed by atoms with Gasteiger partial charge in [0.1, 0.15) is 18.5 Å². The number of fused-ring (bicyclic) bond motifs is 1. The molecule has 1 atom stereocenters. The van der Waals surface area contributed by atoms with Crippen LogP contribution >= 0.6 is 15.9 Å². The summed E-state index contributed by atoms with van der Waals surface area (Å²) < 4.78 is 25.2. The molecule has 34 heavy (non-hydrogen) atoms. The van der Waals surface area contributed by atoms with Gasteiger partial charge >= 0.3 is 5.97 Å². The van der Waals surface area contributed by atoms with Crippen molar-refractivity contribution in [1.29, 1.82) is 0 Å². The lowest BCUT2D eigenvalue weighted by atomic mass is 10.0. The monoisotopic (exact) mass is 526 g/mol. The van der Waals surface area contributed by atoms with Crippen LogP contribution in [0.3, 0.4) is 0 Å². The fourth-order valence-corrected chi connectivity index (χ4v) is 4.19. The third kappa shape index (κ3) is 5.58. The van der Waals surface area contributed by atoms with Crippen LogP contribution in [0.5, 0.6) is 11.5 Å². The largest absolute Gasteiger partial charge is 0.493 e. The number of ether oxygens (including phenoxy) is 2. The zero-order valence-corrected chi connectivity index (χ0v) is 20.1. The number of H-pyrrole nitrogens is 1. The van der Waals surface area contributed by atoms with Crippen LogP contribution in [0.15, 0.2) is 71.3 Å². The molecule has 0 radical (unpaired) electrons. The lowest BCUT2D eigenvalue weighted by molar-refractivity contribution is -0.139. The summed E-state index contributed by atoms with van der Waals surface area (Å²) in [5, 5.41) is 13.9. The molecule has 0 amide bonds. The van der Waals surface area contributed by atoms with Crippen LogP contribution in [-0.2, 0) is 24.4 Å². The van der Waals surface area contributed by atoms with Gasteiger partial charge in [-0.3, -0.25) is 10.1 Å². The van der Waals surface area contributed by atoms with Crippen LogP contribution in [0.25, 0.3) is 10.9 Å². The number of carboxylic acid groups (broad SMARTS) is 1. The molecule has 6 nitrogen and oxygen atoms in total. The van der Waals surface area contributed by atoms with Gasteiger partial charge in [0.05, 0.1) is 7.11 Å². The molecule has 8 heteroatoms. The highest BCUT2D eigenvalue weighted by Crippen LogP contribution is 2.34. The first-order valence-electron chi connectivity index (χ1n) is 10.7. The topological polar surface area (TPSA) is 83.6 Å². The number of carbonyl (C=O) groups is 1. The standard InChI is InChI=1S/C26H24BrFN2O4/c1-33-24-11-18(21(27)12-25(24)34-15-16-6-8-19(28)9-7-16)14-30-23(26(31)32)10-17-13-29-22-5-3-2-4-20(17)22/h2-9,11-13,23,29-30H,10,14-15H2,1H3,(H,31,32). The minimum atomic E-state index is -0.924. The number of hydrogen-bond donors (Lipinski definition) is 3. The average Bonchev–Trinajstić information content (AvgIpc) is 3.24. The molecule has 0 bridgehead atoms. The number of rotatable bonds is 10. The second kappa shape index (κ2) is 10.7. The van der Waals surface area contributed by atoms with Crippen molar-refractivity contribution in [2.75, 3.05) is 7.11 Å². The summed E-state index contributed by atoms with van der Waals surface area (Å²) in [4.78, 5) is 15.1. The number of benzene rings is 3. The SMILES string of the molecule is COc1cc(CNC(Cc2c[nH]c3ccccc23)C(=O)O)c(Br)cc1OCc1ccc(F)cc1. The molecular weight excluding hydrogens is 503 g/mol. The predicted molar refractivity (Wildman–Crippen MR) is 132 cm³/mol. The third-order valence-electron chi connectivity index (χ3n) is 5.58. The molecule has 0 saturated heterocycles. The Morgan fingerprint density at radius 3 is 2.62 bits per heavy atom. The van der Waals surface area contributed by atoms with Crippen molar-refractivity contribution in [3.8, 4) is 11.5 Å². The maximum Gasteiger partial charge on any atom is 0.321 e. The zero-order valence-electron chi connectivity index (χ0n) is 18.5. The molecule has 0 aliphatic rings. The van der Waals surface area contributed by atoms with Gasteiger partial charge in [-0.1, -0.05) is 46.3 Å². The summed E-state index contributed by atoms with van der Waals surface area (Å²) in [6.07, 6.45) is 2.20. The van der Waals surface area contributed by atoms with Crippen molar-refractivity contribution >= 4 is 32.8 Å². The Morgan fingerprint density at radius 1 is 1.12 bits per heavy atom. The Morgan fingerprint density at radius 2 is 1.88 bits per heavy atom. The molecule has 1 heterocycles. The van der Waals surface area contributed by atoms with Crippen LogP contribution in [0.1, 0.15) is 16.7 Å². The van der Waals surface area contributed by atoms with Crippen LogP contribution in [0, 0.1) is 5.82 Å². The zero-order chi connectivity index (χ0) is 24.1. The average molecular weight is 527 g/mol. The highest BCUT2D eigenvalue weighted by atomic mass is 79.9. The van der Waals surface area contributed by atoms with Crippen LogP contribution in [-0.4, -0.2) is 29.2 Å². The van der Waals surface area contributed by atoms with Gasteiger partial charge < -0.3 is 19.6 Å². The second-order valence-corrected chi connectivity index (χ2v) is 8.70. The van der Waals surface area contributed by atoms with E-state index in [0.29, 0.717) is 24.5 Å². The highest BCUT2D eigenvalue weighted by molar-refractivity contribution is 9.10. The number of aromatic nitrogens is 1. The van der Waals surface area contributed by atoms with Crippen molar-refractivity contribution in [2.24, 2.45) is 0 Å². The van der Waals surface area contributed by atoms with Gasteiger partial charge in [-0.2, -0.15) is 0 Å². The number of nitrogens with one attached hydrogen (secondary N) is 2. The van der Waals surface area contributed by atoms with Gasteiger partial charge in [0.25, 0.3) is 0 Å². The molecule has 1 aromatic heterocycles. The summed E-state index contributed by atoms with van der Waals surface area (Å²) >= 11 is 3.55. The van der Waals surface area contributed by atoms with E-state index in [4.69, 9.17) is 9.47 Å². The smallest absolute Gasteiger partial charge is 0.321 e. The number of para-hydroxylation sites is 1. The van der Waals surface area contributed by atoms with Gasteiger partial charge in [-0.25, -0.2) is 4.39 Å². The Bertz CT molecular complexity index is 1290. The minimum absolute atomic E-state index is 0.256. The third-order valence-corrected chi connectivity index (χ3v) is 6.31. The number of aliphatic carboxylic acids is 1. The van der Waals surface area contributed by atoms with Gasteiger partial charge in [0.2, 0.25) is 0 Å². The van der Waals surface area contributed by atoms with E-state index in [0.717, 1.165) is 32.1 Å². The number of hydrogen-bond acceptors (Lipinski definition) is 4. The summed E-state index contributed by atoms with van der Waals surface area (Å²) in [6.45, 7) is 0.570. The lowest BCUT2D eigenvalue weighted by Crippen LogP contribution is -2.38. The van der Waals surface area contributed by atoms with Gasteiger partial charge in [-0.15, -0.1) is 0 Å². The highest BCUT2D eigenvalue weighted by Gasteiger charge is 2.20. The molecule has 4 rings (SSSR count). The van der Waals surface area contributed by atoms with E-state index in [1.54, 1.807) is 25.3 Å². The molecule has 0 aliphatic heterocycles. The minimum Gasteiger partial charge on any atom is -0.493 e. The summed E-state index contributed by atoms with van der Waals surface area (Å²) in [5.74, 6) is -0.181. The van der Waals surface area contributed by atoms with Crippen molar-refractivity contribution in [3.63, 3.8) is 0 Å². The van der Waals surface area contributed by atoms with Gasteiger partial charge in [0.15, 0.2) is 11.5 Å². The van der Waals surface area contributed by atoms with Gasteiger partial charge in [-0.05, 0) is 47.0 Å². The predicted octanol–water partition coefficient (Wildman–Crippen LogP) is 5.44. The Hall–Kier alpha value is -3.36. The van der Waals surface area contributed by atoms with Crippen molar-refractivity contribution < 1.29 is 23.8 Å². The fraction of sp³-hybridized carbons (Fsp3) is 0.192. The molecule has 3 aromatic carbocycles. The number of methoxy groups -OCH3 is 1. The summed E-state index contributed by atoms with van der Waals surface area (Å²) in [7, 11) is 1.54. The molecular formula is C26H24BrFN2O4. The van der Waals surface area contributed by atoms with Crippen LogP contribution < -0.4 is 14.8 Å². The van der Waals surface area contributed by atoms with E-state index in [-0.39, 0.29) is 12.4 Å². The molecule has 4 aromatic rings. The maximum atomic E-state index is 13.1. The maximum absolute atomic E-state index is 13.1. The van der Waals surface area contributed by atoms with Crippen molar-refractivity contribution in [2.45, 2.75) is 25.6 Å². The number of carboxylic acids is 1. The van der Waals surface area contributed by atoms with E-state index in [9.17, 15) is 14.3 Å². The molecule has 176 valence electrons. The van der Waals surface area contributed by atoms with Crippen LogP contribution in [0.2, 0.25) is 0 Å². The first-order chi connectivity index (χ1) is 16.4. The molecule has 3 N–H and O–H groups in total. The lowest BCUT2D eigenvalue weighted by Gasteiger charge is -2.17. The number of halogens is 2. The second-order valence-electron chi connectivity index (χ2n) is 7.84. The van der Waals surface area contributed by atoms with Crippen LogP contribution in [0.4, 0.5) is 4.39 Å². The molecule has 0 spiro atoms. The fourth-order valence-electron chi connectivity index (χ4n) is 3.73. The first kappa shape index (κ1) is 23.8. The normalized spacial score (nSPS) is 12.0. The quantitative estimate of drug-likeness (QED) is 0.256. The van der Waals surface area contributed by atoms with E-state index in [1.807, 2.05) is 36.5 Å². The van der Waals surface area contributed by atoms with Crippen molar-refractivity contribution in [3.05, 3.63) is 93.8 Å². The number of aromatic amines is 1. The first-order valence-corrected chi connectivity index (χ1v) is 11.5. The Kier molecular flexibility index (Phi) is 7.49. The Balaban J connectivity index is 1.45. The molecule has 0 saturated carbocycles. The van der Waals surface area contributed by atoms with E-state index >= 15 is 0 Å². The molecule has 0 aliphatic carbocycles. The summed E-state index contributed by atoms with van der Waals surface area (Å²) in [5.41, 5.74) is 3.57. The Labute approximate surface area is 204 Å². The summed E-state index contributed by atoms with van der Waals surface area (Å²) in [6, 6.07) is 16.7.